The number of rotatable bonds is 3. The average molecular weight is 283 g/mol. The number of hydrogen-bond donors (Lipinski definition) is 1. The van der Waals surface area contributed by atoms with Gasteiger partial charge in [-0.2, -0.15) is 0 Å². The van der Waals surface area contributed by atoms with Gasteiger partial charge in [0.2, 0.25) is 0 Å². The normalized spacial score (nSPS) is 17.3. The number of phenols is 1. The molecular weight excluding hydrogens is 266 g/mol. The standard InChI is InChI=1S/C17H17NO3/c1-2-11-18-16(12-7-9-13(19)10-8-12)14-5-3-4-6-15(14)21-17(18)20/h3-10,16,19H,2,11H2,1H3. The molecule has 1 aliphatic heterocycles. The van der Waals surface area contributed by atoms with E-state index in [1.807, 2.05) is 43.3 Å². The lowest BCUT2D eigenvalue weighted by atomic mass is 9.95. The zero-order valence-corrected chi connectivity index (χ0v) is 11.8. The van der Waals surface area contributed by atoms with E-state index in [-0.39, 0.29) is 17.9 Å². The Balaban J connectivity index is 2.11. The minimum atomic E-state index is -0.325. The minimum Gasteiger partial charge on any atom is -0.508 e. The number of hydrogen-bond acceptors (Lipinski definition) is 3. The molecule has 2 aromatic carbocycles. The van der Waals surface area contributed by atoms with Gasteiger partial charge >= 0.3 is 6.09 Å². The average Bonchev–Trinajstić information content (AvgIpc) is 2.49. The summed E-state index contributed by atoms with van der Waals surface area (Å²) in [5.74, 6) is 0.820. The molecule has 1 atom stereocenters. The second-order valence-corrected chi connectivity index (χ2v) is 5.09. The summed E-state index contributed by atoms with van der Waals surface area (Å²) in [6, 6.07) is 14.4. The van der Waals surface area contributed by atoms with Crippen molar-refractivity contribution in [1.82, 2.24) is 4.90 Å². The maximum atomic E-state index is 12.3. The first-order chi connectivity index (χ1) is 10.2. The number of ether oxygens (including phenoxy) is 1. The summed E-state index contributed by atoms with van der Waals surface area (Å²) in [5, 5.41) is 9.47. The molecule has 0 saturated carbocycles. The van der Waals surface area contributed by atoms with Gasteiger partial charge in [0, 0.05) is 12.1 Å². The van der Waals surface area contributed by atoms with Crippen molar-refractivity contribution in [1.29, 1.82) is 0 Å². The van der Waals surface area contributed by atoms with Crippen LogP contribution in [0.4, 0.5) is 4.79 Å². The molecule has 4 heteroatoms. The predicted octanol–water partition coefficient (Wildman–Crippen LogP) is 3.71. The Morgan fingerprint density at radius 3 is 2.57 bits per heavy atom. The van der Waals surface area contributed by atoms with Crippen LogP contribution in [0.1, 0.15) is 30.5 Å². The van der Waals surface area contributed by atoms with Crippen LogP contribution in [0.15, 0.2) is 48.5 Å². The second-order valence-electron chi connectivity index (χ2n) is 5.09. The summed E-state index contributed by atoms with van der Waals surface area (Å²) in [6.07, 6.45) is 0.528. The van der Waals surface area contributed by atoms with Crippen LogP contribution in [0.3, 0.4) is 0 Å². The number of para-hydroxylation sites is 1. The molecule has 0 aromatic heterocycles. The van der Waals surface area contributed by atoms with Gasteiger partial charge in [0.15, 0.2) is 0 Å². The van der Waals surface area contributed by atoms with Crippen LogP contribution >= 0.6 is 0 Å². The highest BCUT2D eigenvalue weighted by Crippen LogP contribution is 2.39. The minimum absolute atomic E-state index is 0.178. The van der Waals surface area contributed by atoms with E-state index in [0.29, 0.717) is 12.3 Å². The largest absolute Gasteiger partial charge is 0.508 e. The lowest BCUT2D eigenvalue weighted by Gasteiger charge is -2.36. The molecule has 0 spiro atoms. The quantitative estimate of drug-likeness (QED) is 0.934. The first kappa shape index (κ1) is 13.5. The molecule has 2 aromatic rings. The van der Waals surface area contributed by atoms with Crippen LogP contribution in [-0.2, 0) is 0 Å². The second kappa shape index (κ2) is 5.48. The number of nitrogens with zero attached hydrogens (tertiary/aromatic N) is 1. The van der Waals surface area contributed by atoms with Crippen molar-refractivity contribution in [3.05, 3.63) is 59.7 Å². The Bertz CT molecular complexity index is 651. The maximum absolute atomic E-state index is 12.3. The van der Waals surface area contributed by atoms with E-state index in [1.54, 1.807) is 17.0 Å². The zero-order valence-electron chi connectivity index (χ0n) is 11.8. The highest BCUT2D eigenvalue weighted by Gasteiger charge is 2.34. The molecule has 108 valence electrons. The zero-order chi connectivity index (χ0) is 14.8. The summed E-state index contributed by atoms with van der Waals surface area (Å²) in [4.78, 5) is 14.0. The third-order valence-electron chi connectivity index (χ3n) is 3.63. The third-order valence-corrected chi connectivity index (χ3v) is 3.63. The van der Waals surface area contributed by atoms with Crippen LogP contribution in [0.2, 0.25) is 0 Å². The molecule has 0 aliphatic carbocycles. The van der Waals surface area contributed by atoms with E-state index in [2.05, 4.69) is 0 Å². The van der Waals surface area contributed by atoms with Crippen LogP contribution in [-0.4, -0.2) is 22.6 Å². The van der Waals surface area contributed by atoms with Gasteiger partial charge in [-0.05, 0) is 30.2 Å². The number of fused-ring (bicyclic) bond motifs is 1. The van der Waals surface area contributed by atoms with Crippen molar-refractivity contribution in [2.24, 2.45) is 0 Å². The van der Waals surface area contributed by atoms with Crippen LogP contribution < -0.4 is 4.74 Å². The van der Waals surface area contributed by atoms with Crippen molar-refractivity contribution in [2.45, 2.75) is 19.4 Å². The van der Waals surface area contributed by atoms with Gasteiger partial charge in [-0.1, -0.05) is 37.3 Å². The molecule has 1 aliphatic rings. The fraction of sp³-hybridized carbons (Fsp3) is 0.235. The Hall–Kier alpha value is -2.49. The lowest BCUT2D eigenvalue weighted by molar-refractivity contribution is 0.126. The van der Waals surface area contributed by atoms with E-state index in [9.17, 15) is 9.90 Å². The van der Waals surface area contributed by atoms with Crippen LogP contribution in [0.5, 0.6) is 11.5 Å². The lowest BCUT2D eigenvalue weighted by Crippen LogP contribution is -2.41. The van der Waals surface area contributed by atoms with E-state index in [0.717, 1.165) is 17.5 Å². The number of carbonyl (C=O) groups excluding carboxylic acids is 1. The molecule has 3 rings (SSSR count). The molecule has 21 heavy (non-hydrogen) atoms. The third kappa shape index (κ3) is 2.44. The van der Waals surface area contributed by atoms with Crippen molar-refractivity contribution in [3.8, 4) is 11.5 Å². The van der Waals surface area contributed by atoms with E-state index in [1.165, 1.54) is 0 Å². The number of benzene rings is 2. The van der Waals surface area contributed by atoms with E-state index in [4.69, 9.17) is 4.74 Å². The first-order valence-corrected chi connectivity index (χ1v) is 7.07. The smallest absolute Gasteiger partial charge is 0.416 e. The topological polar surface area (TPSA) is 49.8 Å². The van der Waals surface area contributed by atoms with Gasteiger partial charge in [-0.15, -0.1) is 0 Å². The predicted molar refractivity (Wildman–Crippen MR) is 79.4 cm³/mol. The number of carbonyl (C=O) groups is 1. The summed E-state index contributed by atoms with van der Waals surface area (Å²) in [7, 11) is 0. The van der Waals surface area contributed by atoms with Crippen molar-refractivity contribution < 1.29 is 14.6 Å². The SMILES string of the molecule is CCCN1C(=O)Oc2ccccc2C1c1ccc(O)cc1. The van der Waals surface area contributed by atoms with E-state index >= 15 is 0 Å². The van der Waals surface area contributed by atoms with Crippen molar-refractivity contribution in [2.75, 3.05) is 6.54 Å². The van der Waals surface area contributed by atoms with Crippen LogP contribution in [0.25, 0.3) is 0 Å². The summed E-state index contributed by atoms with van der Waals surface area (Å²) < 4.78 is 5.41. The maximum Gasteiger partial charge on any atom is 0.416 e. The highest BCUT2D eigenvalue weighted by atomic mass is 16.6. The van der Waals surface area contributed by atoms with Gasteiger partial charge in [0.25, 0.3) is 0 Å². The summed E-state index contributed by atoms with van der Waals surface area (Å²) in [5.41, 5.74) is 1.93. The highest BCUT2D eigenvalue weighted by molar-refractivity contribution is 5.75. The van der Waals surface area contributed by atoms with Gasteiger partial charge in [-0.3, -0.25) is 4.90 Å². The van der Waals surface area contributed by atoms with Crippen LogP contribution in [0, 0.1) is 0 Å². The fourth-order valence-corrected chi connectivity index (χ4v) is 2.70. The molecule has 0 bridgehead atoms. The van der Waals surface area contributed by atoms with Crippen molar-refractivity contribution in [3.63, 3.8) is 0 Å². The van der Waals surface area contributed by atoms with Gasteiger partial charge < -0.3 is 9.84 Å². The molecule has 0 radical (unpaired) electrons. The molecule has 0 saturated heterocycles. The number of amides is 1. The molecule has 1 N–H and O–H groups in total. The first-order valence-electron chi connectivity index (χ1n) is 7.07. The molecule has 1 unspecified atom stereocenters. The Kier molecular flexibility index (Phi) is 3.52. The van der Waals surface area contributed by atoms with E-state index < -0.39 is 0 Å². The molecule has 1 amide bonds. The Morgan fingerprint density at radius 1 is 1.14 bits per heavy atom. The molecule has 1 heterocycles. The molecule has 0 fully saturated rings. The van der Waals surface area contributed by atoms with Crippen molar-refractivity contribution >= 4 is 6.09 Å². The van der Waals surface area contributed by atoms with Gasteiger partial charge in [-0.25, -0.2) is 4.79 Å². The summed E-state index contributed by atoms with van der Waals surface area (Å²) in [6.45, 7) is 2.65. The fourth-order valence-electron chi connectivity index (χ4n) is 2.70. The monoisotopic (exact) mass is 283 g/mol. The number of aromatic hydroxyl groups is 1. The molecular formula is C17H17NO3. The summed E-state index contributed by atoms with van der Waals surface area (Å²) >= 11 is 0. The molecule has 4 nitrogen and oxygen atoms in total. The van der Waals surface area contributed by atoms with Gasteiger partial charge in [0.05, 0.1) is 6.04 Å². The Morgan fingerprint density at radius 2 is 1.86 bits per heavy atom. The number of phenolic OH excluding ortho intramolecular Hbond substituents is 1. The van der Waals surface area contributed by atoms with Gasteiger partial charge in [0.1, 0.15) is 11.5 Å². The Labute approximate surface area is 123 Å².